The van der Waals surface area contributed by atoms with E-state index in [0.717, 1.165) is 0 Å². The molecule has 26 heavy (non-hydrogen) atoms. The Hall–Kier alpha value is -2.44. The zero-order valence-electron chi connectivity index (χ0n) is 15.7. The minimum Gasteiger partial charge on any atom is -0.444 e. The number of Topliss-reactive ketones (excluding diaryl/α,β-unsaturated/α-hetero) is 2. The summed E-state index contributed by atoms with van der Waals surface area (Å²) in [6, 6.07) is 4.10. The number of nitrogens with zero attached hydrogens (tertiary/aromatic N) is 2. The second-order valence-corrected chi connectivity index (χ2v) is 7.42. The zero-order chi connectivity index (χ0) is 19.5. The number of rotatable bonds is 4. The molecule has 0 saturated carbocycles. The zero-order valence-corrected chi connectivity index (χ0v) is 15.7. The van der Waals surface area contributed by atoms with Gasteiger partial charge >= 0.3 is 6.09 Å². The minimum atomic E-state index is -0.564. The fourth-order valence-corrected chi connectivity index (χ4v) is 2.71. The van der Waals surface area contributed by atoms with Crippen LogP contribution < -0.4 is 4.90 Å². The SMILES string of the molecule is CC(=O)CC(=O)c1ccc(F)c(N2CCN(C(=O)OC(C)(C)C)CC2)c1. The summed E-state index contributed by atoms with van der Waals surface area (Å²) in [7, 11) is 0. The van der Waals surface area contributed by atoms with E-state index in [9.17, 15) is 18.8 Å². The van der Waals surface area contributed by atoms with Gasteiger partial charge in [0.05, 0.1) is 12.1 Å². The van der Waals surface area contributed by atoms with E-state index in [-0.39, 0.29) is 24.1 Å². The first-order chi connectivity index (χ1) is 12.1. The van der Waals surface area contributed by atoms with E-state index < -0.39 is 11.4 Å². The molecular weight excluding hydrogens is 339 g/mol. The number of benzene rings is 1. The van der Waals surface area contributed by atoms with Crippen LogP contribution in [0.25, 0.3) is 0 Å². The highest BCUT2D eigenvalue weighted by Gasteiger charge is 2.27. The smallest absolute Gasteiger partial charge is 0.410 e. The van der Waals surface area contributed by atoms with E-state index in [2.05, 4.69) is 0 Å². The number of ether oxygens (including phenoxy) is 1. The Labute approximate surface area is 152 Å². The highest BCUT2D eigenvalue weighted by molar-refractivity contribution is 6.07. The molecule has 0 aromatic heterocycles. The molecule has 1 fully saturated rings. The van der Waals surface area contributed by atoms with Gasteiger partial charge in [-0.05, 0) is 45.9 Å². The first kappa shape index (κ1) is 19.9. The van der Waals surface area contributed by atoms with Crippen molar-refractivity contribution in [3.05, 3.63) is 29.6 Å². The van der Waals surface area contributed by atoms with Gasteiger partial charge in [-0.3, -0.25) is 9.59 Å². The number of carbonyl (C=O) groups is 3. The number of amides is 1. The van der Waals surface area contributed by atoms with E-state index in [1.807, 2.05) is 0 Å². The summed E-state index contributed by atoms with van der Waals surface area (Å²) in [6.45, 7) is 8.43. The van der Waals surface area contributed by atoms with Gasteiger partial charge in [-0.2, -0.15) is 0 Å². The lowest BCUT2D eigenvalue weighted by atomic mass is 10.0. The van der Waals surface area contributed by atoms with Gasteiger partial charge in [-0.15, -0.1) is 0 Å². The summed E-state index contributed by atoms with van der Waals surface area (Å²) >= 11 is 0. The number of hydrogen-bond donors (Lipinski definition) is 0. The third-order valence-corrected chi connectivity index (χ3v) is 3.95. The first-order valence-corrected chi connectivity index (χ1v) is 8.62. The normalized spacial score (nSPS) is 15.0. The number of anilines is 1. The lowest BCUT2D eigenvalue weighted by Gasteiger charge is -2.37. The fraction of sp³-hybridized carbons (Fsp3) is 0.526. The largest absolute Gasteiger partial charge is 0.444 e. The van der Waals surface area contributed by atoms with E-state index in [1.165, 1.54) is 25.1 Å². The van der Waals surface area contributed by atoms with Gasteiger partial charge in [0, 0.05) is 31.7 Å². The molecule has 1 aliphatic heterocycles. The number of piperazine rings is 1. The Balaban J connectivity index is 2.06. The second kappa shape index (κ2) is 7.85. The fourth-order valence-electron chi connectivity index (χ4n) is 2.71. The third-order valence-electron chi connectivity index (χ3n) is 3.95. The quantitative estimate of drug-likeness (QED) is 0.607. The Kier molecular flexibility index (Phi) is 6.00. The van der Waals surface area contributed by atoms with Crippen LogP contribution in [0, 0.1) is 5.82 Å². The van der Waals surface area contributed by atoms with Crippen LogP contribution in [0.4, 0.5) is 14.9 Å². The van der Waals surface area contributed by atoms with Crippen LogP contribution in [0.1, 0.15) is 44.5 Å². The Morgan fingerprint density at radius 1 is 1.12 bits per heavy atom. The predicted octanol–water partition coefficient (Wildman–Crippen LogP) is 3.04. The van der Waals surface area contributed by atoms with Crippen molar-refractivity contribution in [1.82, 2.24) is 4.90 Å². The number of hydrogen-bond acceptors (Lipinski definition) is 5. The van der Waals surface area contributed by atoms with Crippen molar-refractivity contribution in [2.24, 2.45) is 0 Å². The molecule has 1 aliphatic rings. The Morgan fingerprint density at radius 2 is 1.73 bits per heavy atom. The number of ketones is 2. The number of carbonyl (C=O) groups excluding carboxylic acids is 3. The monoisotopic (exact) mass is 364 g/mol. The molecule has 1 heterocycles. The van der Waals surface area contributed by atoms with Gasteiger partial charge in [0.1, 0.15) is 17.2 Å². The van der Waals surface area contributed by atoms with Crippen LogP contribution in [0.5, 0.6) is 0 Å². The summed E-state index contributed by atoms with van der Waals surface area (Å²) in [4.78, 5) is 38.7. The summed E-state index contributed by atoms with van der Waals surface area (Å²) in [5, 5.41) is 0. The van der Waals surface area contributed by atoms with Crippen molar-refractivity contribution in [2.75, 3.05) is 31.1 Å². The maximum Gasteiger partial charge on any atom is 0.410 e. The molecule has 1 saturated heterocycles. The van der Waals surface area contributed by atoms with Crippen molar-refractivity contribution in [1.29, 1.82) is 0 Å². The molecule has 0 spiro atoms. The van der Waals surface area contributed by atoms with Gasteiger partial charge < -0.3 is 14.5 Å². The molecule has 1 amide bonds. The van der Waals surface area contributed by atoms with E-state index in [0.29, 0.717) is 37.4 Å². The summed E-state index contributed by atoms with van der Waals surface area (Å²) < 4.78 is 19.6. The second-order valence-electron chi connectivity index (χ2n) is 7.42. The molecule has 6 nitrogen and oxygen atoms in total. The summed E-state index contributed by atoms with van der Waals surface area (Å²) in [6.07, 6.45) is -0.583. The topological polar surface area (TPSA) is 66.9 Å². The molecule has 2 rings (SSSR count). The average Bonchev–Trinajstić information content (AvgIpc) is 2.53. The molecular formula is C19H25FN2O4. The van der Waals surface area contributed by atoms with Gasteiger partial charge in [-0.1, -0.05) is 0 Å². The predicted molar refractivity (Wildman–Crippen MR) is 96.0 cm³/mol. The van der Waals surface area contributed by atoms with Crippen molar-refractivity contribution in [3.63, 3.8) is 0 Å². The highest BCUT2D eigenvalue weighted by Crippen LogP contribution is 2.24. The van der Waals surface area contributed by atoms with Crippen LogP contribution in [-0.2, 0) is 9.53 Å². The van der Waals surface area contributed by atoms with Crippen LogP contribution in [0.15, 0.2) is 18.2 Å². The molecule has 0 N–H and O–H groups in total. The molecule has 7 heteroatoms. The molecule has 1 aromatic rings. The molecule has 1 aromatic carbocycles. The minimum absolute atomic E-state index is 0.197. The Bertz CT molecular complexity index is 704. The standard InChI is InChI=1S/C19H25FN2O4/c1-13(23)11-17(24)14-5-6-15(20)16(12-14)21-7-9-22(10-8-21)18(25)26-19(2,3)4/h5-6,12H,7-11H2,1-4H3. The summed E-state index contributed by atoms with van der Waals surface area (Å²) in [5.41, 5.74) is 0.0561. The van der Waals surface area contributed by atoms with E-state index in [4.69, 9.17) is 4.74 Å². The van der Waals surface area contributed by atoms with E-state index >= 15 is 0 Å². The van der Waals surface area contributed by atoms with Crippen molar-refractivity contribution in [3.8, 4) is 0 Å². The maximum absolute atomic E-state index is 14.2. The van der Waals surface area contributed by atoms with Crippen LogP contribution in [0.3, 0.4) is 0 Å². The van der Waals surface area contributed by atoms with Crippen molar-refractivity contribution >= 4 is 23.3 Å². The molecule has 0 unspecified atom stereocenters. The van der Waals surface area contributed by atoms with Gasteiger partial charge in [0.15, 0.2) is 5.78 Å². The van der Waals surface area contributed by atoms with Gasteiger partial charge in [0.2, 0.25) is 0 Å². The van der Waals surface area contributed by atoms with Crippen molar-refractivity contribution < 1.29 is 23.5 Å². The molecule has 0 radical (unpaired) electrons. The Morgan fingerprint density at radius 3 is 2.27 bits per heavy atom. The van der Waals surface area contributed by atoms with Gasteiger partial charge in [-0.25, -0.2) is 9.18 Å². The molecule has 0 bridgehead atoms. The van der Waals surface area contributed by atoms with Crippen molar-refractivity contribution in [2.45, 2.75) is 39.7 Å². The maximum atomic E-state index is 14.2. The van der Waals surface area contributed by atoms with Gasteiger partial charge in [0.25, 0.3) is 0 Å². The van der Waals surface area contributed by atoms with Crippen LogP contribution >= 0.6 is 0 Å². The average molecular weight is 364 g/mol. The molecule has 142 valence electrons. The molecule has 0 aliphatic carbocycles. The van der Waals surface area contributed by atoms with E-state index in [1.54, 1.807) is 30.6 Å². The summed E-state index contributed by atoms with van der Waals surface area (Å²) in [5.74, 6) is -0.993. The highest BCUT2D eigenvalue weighted by atomic mass is 19.1. The first-order valence-electron chi connectivity index (χ1n) is 8.62. The lowest BCUT2D eigenvalue weighted by Crippen LogP contribution is -2.50. The third kappa shape index (κ3) is 5.28. The van der Waals surface area contributed by atoms with Crippen LogP contribution in [-0.4, -0.2) is 54.3 Å². The van der Waals surface area contributed by atoms with Crippen LogP contribution in [0.2, 0.25) is 0 Å². The number of halogens is 1. The lowest BCUT2D eigenvalue weighted by molar-refractivity contribution is -0.116. The molecule has 0 atom stereocenters.